The Morgan fingerprint density at radius 1 is 1.33 bits per heavy atom. The summed E-state index contributed by atoms with van der Waals surface area (Å²) in [5.74, 6) is 0. The molecule has 0 aromatic carbocycles. The maximum Gasteiger partial charge on any atom is 0.405 e. The number of rotatable bonds is 4. The van der Waals surface area contributed by atoms with E-state index in [4.69, 9.17) is 10.8 Å². The van der Waals surface area contributed by atoms with Crippen LogP contribution < -0.4 is 5.73 Å². The van der Waals surface area contributed by atoms with E-state index in [1.807, 2.05) is 0 Å². The molecule has 0 heterocycles. The molecule has 0 aliphatic heterocycles. The fraction of sp³-hybridized carbons (Fsp3) is 1.00. The Kier molecular flexibility index (Phi) is 4.57. The fourth-order valence-electron chi connectivity index (χ4n) is 1.36. The molecule has 0 rings (SSSR count). The molecule has 0 fully saturated rings. The minimum absolute atomic E-state index is 0.358. The van der Waals surface area contributed by atoms with Gasteiger partial charge in [-0.3, -0.25) is 4.90 Å². The zero-order valence-electron chi connectivity index (χ0n) is 9.47. The van der Waals surface area contributed by atoms with Crippen LogP contribution in [0, 0.1) is 0 Å². The molecule has 0 aromatic heterocycles. The lowest BCUT2D eigenvalue weighted by atomic mass is 9.99. The molecule has 3 N–H and O–H groups in total. The van der Waals surface area contributed by atoms with E-state index >= 15 is 0 Å². The van der Waals surface area contributed by atoms with Crippen molar-refractivity contribution >= 4 is 0 Å². The van der Waals surface area contributed by atoms with Gasteiger partial charge in [-0.15, -0.1) is 0 Å². The van der Waals surface area contributed by atoms with Gasteiger partial charge in [0.25, 0.3) is 0 Å². The van der Waals surface area contributed by atoms with Crippen molar-refractivity contribution in [2.24, 2.45) is 5.73 Å². The van der Waals surface area contributed by atoms with E-state index < -0.39 is 23.8 Å². The van der Waals surface area contributed by atoms with Gasteiger partial charge in [0.2, 0.25) is 0 Å². The second kappa shape index (κ2) is 4.67. The summed E-state index contributed by atoms with van der Waals surface area (Å²) in [6.45, 7) is 4.02. The molecule has 2 unspecified atom stereocenters. The van der Waals surface area contributed by atoms with Gasteiger partial charge in [-0.25, -0.2) is 0 Å². The molecule has 0 spiro atoms. The van der Waals surface area contributed by atoms with E-state index in [9.17, 15) is 13.2 Å². The molecule has 0 saturated heterocycles. The van der Waals surface area contributed by atoms with Crippen LogP contribution in [-0.2, 0) is 0 Å². The lowest BCUT2D eigenvalue weighted by Gasteiger charge is -2.42. The highest BCUT2D eigenvalue weighted by atomic mass is 19.4. The average molecular weight is 228 g/mol. The smallest absolute Gasteiger partial charge is 0.394 e. The van der Waals surface area contributed by atoms with Crippen LogP contribution in [0.15, 0.2) is 0 Å². The Hall–Kier alpha value is -0.330. The van der Waals surface area contributed by atoms with E-state index in [1.165, 1.54) is 27.8 Å². The van der Waals surface area contributed by atoms with Crippen molar-refractivity contribution in [3.05, 3.63) is 0 Å². The molecule has 0 amide bonds. The summed E-state index contributed by atoms with van der Waals surface area (Å²) in [5.41, 5.74) is 4.38. The summed E-state index contributed by atoms with van der Waals surface area (Å²) in [7, 11) is 1.32. The zero-order chi connectivity index (χ0) is 12.4. The van der Waals surface area contributed by atoms with Gasteiger partial charge in [0.15, 0.2) is 0 Å². The zero-order valence-corrected chi connectivity index (χ0v) is 9.47. The highest BCUT2D eigenvalue weighted by Crippen LogP contribution is 2.30. The number of hydrogen-bond acceptors (Lipinski definition) is 3. The van der Waals surface area contributed by atoms with E-state index in [2.05, 4.69) is 0 Å². The number of halogens is 3. The molecule has 0 aliphatic carbocycles. The molecule has 3 nitrogen and oxygen atoms in total. The van der Waals surface area contributed by atoms with Crippen LogP contribution in [0.5, 0.6) is 0 Å². The van der Waals surface area contributed by atoms with E-state index in [1.54, 1.807) is 0 Å². The van der Waals surface area contributed by atoms with Crippen LogP contribution in [0.25, 0.3) is 0 Å². The molecule has 6 heteroatoms. The number of nitrogens with zero attached hydrogens (tertiary/aromatic N) is 1. The van der Waals surface area contributed by atoms with Crippen LogP contribution in [0.3, 0.4) is 0 Å². The largest absolute Gasteiger partial charge is 0.405 e. The highest BCUT2D eigenvalue weighted by molar-refractivity contribution is 4.91. The summed E-state index contributed by atoms with van der Waals surface area (Å²) >= 11 is 0. The second-order valence-corrected chi connectivity index (χ2v) is 4.43. The normalized spacial score (nSPS) is 18.0. The standard InChI is InChI=1S/C9H19F3N2O/c1-6(13)7(9(10,11)12)14(4)8(2,3)5-15/h6-7,15H,5,13H2,1-4H3. The maximum absolute atomic E-state index is 12.7. The van der Waals surface area contributed by atoms with E-state index in [0.29, 0.717) is 0 Å². The molecule has 92 valence electrons. The lowest BCUT2D eigenvalue weighted by Crippen LogP contribution is -2.61. The van der Waals surface area contributed by atoms with Crippen molar-refractivity contribution in [1.29, 1.82) is 0 Å². The Morgan fingerprint density at radius 2 is 1.73 bits per heavy atom. The third-order valence-corrected chi connectivity index (χ3v) is 2.59. The predicted octanol–water partition coefficient (Wildman–Crippen LogP) is 0.967. The molecular formula is C9H19F3N2O. The Morgan fingerprint density at radius 3 is 1.93 bits per heavy atom. The number of aliphatic hydroxyl groups excluding tert-OH is 1. The SMILES string of the molecule is CC(N)C(N(C)C(C)(C)CO)C(F)(F)F. The quantitative estimate of drug-likeness (QED) is 0.753. The minimum Gasteiger partial charge on any atom is -0.394 e. The summed E-state index contributed by atoms with van der Waals surface area (Å²) in [4.78, 5) is 1.07. The average Bonchev–Trinajstić information content (AvgIpc) is 2.00. The number of nitrogens with two attached hydrogens (primary N) is 1. The van der Waals surface area contributed by atoms with Gasteiger partial charge >= 0.3 is 6.18 Å². The van der Waals surface area contributed by atoms with Gasteiger partial charge in [-0.05, 0) is 27.8 Å². The third kappa shape index (κ3) is 3.62. The number of likely N-dealkylation sites (N-methyl/N-ethyl adjacent to an activating group) is 1. The molecule has 0 saturated carbocycles. The highest BCUT2D eigenvalue weighted by Gasteiger charge is 2.48. The first-order chi connectivity index (χ1) is 6.54. The summed E-state index contributed by atoms with van der Waals surface area (Å²) in [6.07, 6.45) is -4.39. The van der Waals surface area contributed by atoms with Gasteiger partial charge in [0.05, 0.1) is 6.61 Å². The maximum atomic E-state index is 12.7. The first kappa shape index (κ1) is 14.7. The van der Waals surface area contributed by atoms with E-state index in [0.717, 1.165) is 4.90 Å². The first-order valence-electron chi connectivity index (χ1n) is 4.70. The van der Waals surface area contributed by atoms with Crippen molar-refractivity contribution < 1.29 is 18.3 Å². The number of alkyl halides is 3. The Balaban J connectivity index is 4.96. The monoisotopic (exact) mass is 228 g/mol. The molecule has 0 radical (unpaired) electrons. The second-order valence-electron chi connectivity index (χ2n) is 4.43. The van der Waals surface area contributed by atoms with E-state index in [-0.39, 0.29) is 6.61 Å². The van der Waals surface area contributed by atoms with Gasteiger partial charge in [-0.1, -0.05) is 0 Å². The predicted molar refractivity (Wildman–Crippen MR) is 52.4 cm³/mol. The minimum atomic E-state index is -4.39. The van der Waals surface area contributed by atoms with Crippen molar-refractivity contribution in [2.45, 2.75) is 44.6 Å². The molecular weight excluding hydrogens is 209 g/mol. The van der Waals surface area contributed by atoms with Gasteiger partial charge < -0.3 is 10.8 Å². The summed E-state index contributed by atoms with van der Waals surface area (Å²) in [5, 5.41) is 9.01. The molecule has 0 bridgehead atoms. The van der Waals surface area contributed by atoms with Gasteiger partial charge in [0.1, 0.15) is 6.04 Å². The Bertz CT molecular complexity index is 204. The molecule has 0 aliphatic rings. The summed E-state index contributed by atoms with van der Waals surface area (Å²) in [6, 6.07) is -2.79. The van der Waals surface area contributed by atoms with Crippen LogP contribution in [0.1, 0.15) is 20.8 Å². The third-order valence-electron chi connectivity index (χ3n) is 2.59. The van der Waals surface area contributed by atoms with Crippen molar-refractivity contribution in [2.75, 3.05) is 13.7 Å². The van der Waals surface area contributed by atoms with Crippen LogP contribution in [0.4, 0.5) is 13.2 Å². The van der Waals surface area contributed by atoms with Crippen LogP contribution in [0.2, 0.25) is 0 Å². The van der Waals surface area contributed by atoms with Crippen molar-refractivity contribution in [1.82, 2.24) is 4.90 Å². The molecule has 2 atom stereocenters. The lowest BCUT2D eigenvalue weighted by molar-refractivity contribution is -0.199. The van der Waals surface area contributed by atoms with Gasteiger partial charge in [-0.2, -0.15) is 13.2 Å². The Labute approximate surface area is 88.0 Å². The number of hydrogen-bond donors (Lipinski definition) is 2. The van der Waals surface area contributed by atoms with Crippen molar-refractivity contribution in [3.63, 3.8) is 0 Å². The topological polar surface area (TPSA) is 49.5 Å². The van der Waals surface area contributed by atoms with Gasteiger partial charge in [0, 0.05) is 11.6 Å². The summed E-state index contributed by atoms with van der Waals surface area (Å²) < 4.78 is 38.1. The van der Waals surface area contributed by atoms with Crippen LogP contribution >= 0.6 is 0 Å². The number of aliphatic hydroxyl groups is 1. The molecule has 15 heavy (non-hydrogen) atoms. The van der Waals surface area contributed by atoms with Crippen molar-refractivity contribution in [3.8, 4) is 0 Å². The first-order valence-corrected chi connectivity index (χ1v) is 4.70. The van der Waals surface area contributed by atoms with Crippen LogP contribution in [-0.4, -0.2) is 47.5 Å². The fourth-order valence-corrected chi connectivity index (χ4v) is 1.36. The molecule has 0 aromatic rings.